The van der Waals surface area contributed by atoms with Gasteiger partial charge in [0.1, 0.15) is 0 Å². The molecule has 0 aromatic carbocycles. The summed E-state index contributed by atoms with van der Waals surface area (Å²) in [6.07, 6.45) is 7.89. The molecule has 1 saturated heterocycles. The number of piperidine rings is 1. The van der Waals surface area contributed by atoms with Gasteiger partial charge in [0.25, 0.3) is 0 Å². The highest BCUT2D eigenvalue weighted by Crippen LogP contribution is 2.18. The van der Waals surface area contributed by atoms with Crippen molar-refractivity contribution < 1.29 is 8.42 Å². The fourth-order valence-electron chi connectivity index (χ4n) is 2.55. The van der Waals surface area contributed by atoms with Crippen LogP contribution in [0.3, 0.4) is 0 Å². The Bertz CT molecular complexity index is 513. The van der Waals surface area contributed by atoms with Gasteiger partial charge in [0.2, 0.25) is 10.0 Å². The Morgan fingerprint density at radius 2 is 1.90 bits per heavy atom. The van der Waals surface area contributed by atoms with Crippen LogP contribution < -0.4 is 14.9 Å². The number of pyridine rings is 1. The SMILES string of the molecule is CS(=O)(=O)NCCCNC1CCN(c2ccncc2)CC1. The first-order valence-electron chi connectivity index (χ1n) is 7.37. The largest absolute Gasteiger partial charge is 0.371 e. The highest BCUT2D eigenvalue weighted by molar-refractivity contribution is 7.88. The van der Waals surface area contributed by atoms with Crippen molar-refractivity contribution in [1.29, 1.82) is 0 Å². The lowest BCUT2D eigenvalue weighted by Crippen LogP contribution is -2.43. The summed E-state index contributed by atoms with van der Waals surface area (Å²) in [5.41, 5.74) is 1.24. The van der Waals surface area contributed by atoms with Gasteiger partial charge in [-0.15, -0.1) is 0 Å². The van der Waals surface area contributed by atoms with E-state index in [1.165, 1.54) is 11.9 Å². The Morgan fingerprint density at radius 3 is 2.52 bits per heavy atom. The molecule has 0 unspecified atom stereocenters. The molecule has 0 saturated carbocycles. The maximum atomic E-state index is 10.9. The summed E-state index contributed by atoms with van der Waals surface area (Å²) in [6.45, 7) is 3.44. The van der Waals surface area contributed by atoms with Crippen LogP contribution in [0.4, 0.5) is 5.69 Å². The Hall–Kier alpha value is -1.18. The highest BCUT2D eigenvalue weighted by atomic mass is 32.2. The topological polar surface area (TPSA) is 74.3 Å². The predicted octanol–water partition coefficient (Wildman–Crippen LogP) is 0.579. The number of hydrogen-bond acceptors (Lipinski definition) is 5. The molecule has 1 aromatic heterocycles. The zero-order valence-electron chi connectivity index (χ0n) is 12.5. The second-order valence-electron chi connectivity index (χ2n) is 5.44. The smallest absolute Gasteiger partial charge is 0.208 e. The third kappa shape index (κ3) is 5.99. The van der Waals surface area contributed by atoms with Crippen molar-refractivity contribution in [2.75, 3.05) is 37.3 Å². The lowest BCUT2D eigenvalue weighted by Gasteiger charge is -2.34. The second-order valence-corrected chi connectivity index (χ2v) is 7.27. The molecule has 0 radical (unpaired) electrons. The summed E-state index contributed by atoms with van der Waals surface area (Å²) in [6, 6.07) is 4.62. The third-order valence-electron chi connectivity index (χ3n) is 3.67. The monoisotopic (exact) mass is 312 g/mol. The van der Waals surface area contributed by atoms with Gasteiger partial charge in [0, 0.05) is 43.8 Å². The van der Waals surface area contributed by atoms with Gasteiger partial charge in [0.15, 0.2) is 0 Å². The molecule has 0 spiro atoms. The first kappa shape index (κ1) is 16.2. The van der Waals surface area contributed by atoms with Gasteiger partial charge < -0.3 is 10.2 Å². The molecule has 7 heteroatoms. The van der Waals surface area contributed by atoms with E-state index in [1.807, 2.05) is 24.5 Å². The van der Waals surface area contributed by atoms with Crippen molar-refractivity contribution in [3.05, 3.63) is 24.5 Å². The van der Waals surface area contributed by atoms with Crippen LogP contribution in [0, 0.1) is 0 Å². The van der Waals surface area contributed by atoms with Crippen LogP contribution in [0.2, 0.25) is 0 Å². The van der Waals surface area contributed by atoms with Crippen molar-refractivity contribution >= 4 is 15.7 Å². The van der Waals surface area contributed by atoms with E-state index < -0.39 is 10.0 Å². The summed E-state index contributed by atoms with van der Waals surface area (Å²) < 4.78 is 24.4. The summed E-state index contributed by atoms with van der Waals surface area (Å²) in [5.74, 6) is 0. The minimum absolute atomic E-state index is 0.502. The minimum atomic E-state index is -3.06. The Labute approximate surface area is 127 Å². The van der Waals surface area contributed by atoms with Gasteiger partial charge in [-0.05, 0) is 37.9 Å². The van der Waals surface area contributed by atoms with Crippen LogP contribution in [-0.4, -0.2) is 51.9 Å². The zero-order chi connectivity index (χ0) is 15.1. The van der Waals surface area contributed by atoms with Crippen molar-refractivity contribution in [3.8, 4) is 0 Å². The molecule has 2 heterocycles. The van der Waals surface area contributed by atoms with Crippen LogP contribution in [-0.2, 0) is 10.0 Å². The average molecular weight is 312 g/mol. The molecule has 1 aliphatic rings. The molecule has 0 aliphatic carbocycles. The first-order chi connectivity index (χ1) is 10.0. The number of hydrogen-bond donors (Lipinski definition) is 2. The van der Waals surface area contributed by atoms with E-state index in [9.17, 15) is 8.42 Å². The predicted molar refractivity (Wildman–Crippen MR) is 84.9 cm³/mol. The molecule has 21 heavy (non-hydrogen) atoms. The van der Waals surface area contributed by atoms with Crippen LogP contribution in [0.5, 0.6) is 0 Å². The van der Waals surface area contributed by atoms with Gasteiger partial charge in [-0.3, -0.25) is 4.98 Å². The minimum Gasteiger partial charge on any atom is -0.371 e. The molecule has 0 amide bonds. The summed E-state index contributed by atoms with van der Waals surface area (Å²) in [4.78, 5) is 6.42. The maximum absolute atomic E-state index is 10.9. The third-order valence-corrected chi connectivity index (χ3v) is 4.40. The fourth-order valence-corrected chi connectivity index (χ4v) is 3.06. The number of aromatic nitrogens is 1. The van der Waals surface area contributed by atoms with Gasteiger partial charge in [-0.25, -0.2) is 13.1 Å². The zero-order valence-corrected chi connectivity index (χ0v) is 13.3. The van der Waals surface area contributed by atoms with Crippen LogP contribution in [0.1, 0.15) is 19.3 Å². The first-order valence-corrected chi connectivity index (χ1v) is 9.27. The van der Waals surface area contributed by atoms with Crippen LogP contribution >= 0.6 is 0 Å². The van der Waals surface area contributed by atoms with Gasteiger partial charge >= 0.3 is 0 Å². The molecular weight excluding hydrogens is 288 g/mol. The lowest BCUT2D eigenvalue weighted by atomic mass is 10.0. The van der Waals surface area contributed by atoms with E-state index in [0.717, 1.165) is 38.9 Å². The number of nitrogens with zero attached hydrogens (tertiary/aromatic N) is 2. The van der Waals surface area contributed by atoms with E-state index in [2.05, 4.69) is 19.9 Å². The van der Waals surface area contributed by atoms with E-state index in [-0.39, 0.29) is 0 Å². The Morgan fingerprint density at radius 1 is 1.24 bits per heavy atom. The Balaban J connectivity index is 1.61. The van der Waals surface area contributed by atoms with E-state index in [1.54, 1.807) is 0 Å². The number of anilines is 1. The quantitative estimate of drug-likeness (QED) is 0.721. The molecule has 1 aromatic rings. The van der Waals surface area contributed by atoms with Crippen LogP contribution in [0.25, 0.3) is 0 Å². The van der Waals surface area contributed by atoms with Gasteiger partial charge in [-0.2, -0.15) is 0 Å². The highest BCUT2D eigenvalue weighted by Gasteiger charge is 2.18. The van der Waals surface area contributed by atoms with Crippen molar-refractivity contribution in [1.82, 2.24) is 15.0 Å². The average Bonchev–Trinajstić information content (AvgIpc) is 2.47. The molecule has 0 atom stereocenters. The number of sulfonamides is 1. The van der Waals surface area contributed by atoms with Crippen molar-refractivity contribution in [3.63, 3.8) is 0 Å². The maximum Gasteiger partial charge on any atom is 0.208 e. The summed E-state index contributed by atoms with van der Waals surface area (Å²) in [7, 11) is -3.06. The molecule has 2 N–H and O–H groups in total. The standard InChI is InChI=1S/C14H24N4O2S/c1-21(19,20)17-8-2-7-16-13-5-11-18(12-6-13)14-3-9-15-10-4-14/h3-4,9-10,13,16-17H,2,5-8,11-12H2,1H3. The fraction of sp³-hybridized carbons (Fsp3) is 0.643. The molecule has 2 rings (SSSR count). The molecule has 1 aliphatic heterocycles. The second kappa shape index (κ2) is 7.72. The van der Waals surface area contributed by atoms with Gasteiger partial charge in [-0.1, -0.05) is 0 Å². The molecular formula is C14H24N4O2S. The van der Waals surface area contributed by atoms with Crippen molar-refractivity contribution in [2.24, 2.45) is 0 Å². The van der Waals surface area contributed by atoms with Crippen LogP contribution in [0.15, 0.2) is 24.5 Å². The molecule has 1 fully saturated rings. The molecule has 6 nitrogen and oxygen atoms in total. The Kier molecular flexibility index (Phi) is 5.96. The normalized spacial score (nSPS) is 17.1. The number of rotatable bonds is 7. The lowest BCUT2D eigenvalue weighted by molar-refractivity contribution is 0.413. The van der Waals surface area contributed by atoms with E-state index in [0.29, 0.717) is 12.6 Å². The van der Waals surface area contributed by atoms with Crippen molar-refractivity contribution in [2.45, 2.75) is 25.3 Å². The van der Waals surface area contributed by atoms with Gasteiger partial charge in [0.05, 0.1) is 6.26 Å². The number of nitrogens with one attached hydrogen (secondary N) is 2. The molecule has 0 bridgehead atoms. The summed E-state index contributed by atoms with van der Waals surface area (Å²) in [5, 5.41) is 3.51. The van der Waals surface area contributed by atoms with E-state index >= 15 is 0 Å². The molecule has 118 valence electrons. The van der Waals surface area contributed by atoms with E-state index in [4.69, 9.17) is 0 Å². The summed E-state index contributed by atoms with van der Waals surface area (Å²) >= 11 is 0.